The van der Waals surface area contributed by atoms with Crippen LogP contribution in [0, 0.1) is 11.8 Å². The molecule has 0 spiro atoms. The van der Waals surface area contributed by atoms with Gasteiger partial charge < -0.3 is 14.5 Å². The topological polar surface area (TPSA) is 49.9 Å². The van der Waals surface area contributed by atoms with E-state index in [-0.39, 0.29) is 17.9 Å². The summed E-state index contributed by atoms with van der Waals surface area (Å²) in [6.07, 6.45) is 2.89. The largest absolute Gasteiger partial charge is 0.469 e. The second kappa shape index (κ2) is 5.59. The molecule has 0 aromatic rings. The van der Waals surface area contributed by atoms with Crippen LogP contribution in [0.25, 0.3) is 0 Å². The Morgan fingerprint density at radius 1 is 1.06 bits per heavy atom. The van der Waals surface area contributed by atoms with E-state index in [2.05, 4.69) is 6.92 Å². The van der Waals surface area contributed by atoms with Crippen molar-refractivity contribution in [3.05, 3.63) is 0 Å². The van der Waals surface area contributed by atoms with Crippen LogP contribution >= 0.6 is 0 Å². The highest BCUT2D eigenvalue weighted by Gasteiger charge is 2.34. The van der Waals surface area contributed by atoms with Gasteiger partial charge in [-0.25, -0.2) is 4.79 Å². The molecule has 0 aliphatic carbocycles. The van der Waals surface area contributed by atoms with E-state index in [9.17, 15) is 9.59 Å². The zero-order valence-corrected chi connectivity index (χ0v) is 11.2. The first kappa shape index (κ1) is 13.2. The smallest absolute Gasteiger partial charge is 0.320 e. The van der Waals surface area contributed by atoms with Crippen molar-refractivity contribution < 1.29 is 14.3 Å². The molecule has 5 heteroatoms. The lowest BCUT2D eigenvalue weighted by Gasteiger charge is -2.33. The van der Waals surface area contributed by atoms with E-state index in [0.29, 0.717) is 13.1 Å². The molecule has 0 bridgehead atoms. The molecule has 1 unspecified atom stereocenters. The zero-order valence-electron chi connectivity index (χ0n) is 11.2. The molecule has 2 amide bonds. The SMILES string of the molecule is COC(=O)C1CCN(C(=O)N2CCC(C)CC2)C1. The Hall–Kier alpha value is -1.26. The van der Waals surface area contributed by atoms with Gasteiger partial charge in [0.25, 0.3) is 0 Å². The van der Waals surface area contributed by atoms with Crippen LogP contribution in [0.1, 0.15) is 26.2 Å². The predicted octanol–water partition coefficient (Wildman–Crippen LogP) is 1.33. The van der Waals surface area contributed by atoms with E-state index in [1.165, 1.54) is 7.11 Å². The summed E-state index contributed by atoms with van der Waals surface area (Å²) in [7, 11) is 1.40. The summed E-state index contributed by atoms with van der Waals surface area (Å²) >= 11 is 0. The van der Waals surface area contributed by atoms with E-state index in [0.717, 1.165) is 38.3 Å². The standard InChI is InChI=1S/C13H22N2O3/c1-10-3-6-14(7-4-10)13(17)15-8-5-11(9-15)12(16)18-2/h10-11H,3-9H2,1-2H3. The van der Waals surface area contributed by atoms with Crippen molar-refractivity contribution in [3.8, 4) is 0 Å². The van der Waals surface area contributed by atoms with E-state index < -0.39 is 0 Å². The number of methoxy groups -OCH3 is 1. The van der Waals surface area contributed by atoms with Crippen molar-refractivity contribution in [2.24, 2.45) is 11.8 Å². The molecule has 2 aliphatic rings. The van der Waals surface area contributed by atoms with Crippen molar-refractivity contribution in [2.45, 2.75) is 26.2 Å². The Bertz CT molecular complexity index is 324. The molecule has 2 saturated heterocycles. The minimum Gasteiger partial charge on any atom is -0.469 e. The third-order valence-electron chi connectivity index (χ3n) is 4.05. The number of hydrogen-bond donors (Lipinski definition) is 0. The summed E-state index contributed by atoms with van der Waals surface area (Å²) in [5, 5.41) is 0. The van der Waals surface area contributed by atoms with Crippen molar-refractivity contribution in [3.63, 3.8) is 0 Å². The van der Waals surface area contributed by atoms with E-state index in [1.54, 1.807) is 4.90 Å². The molecular weight excluding hydrogens is 232 g/mol. The predicted molar refractivity (Wildman–Crippen MR) is 67.1 cm³/mol. The normalized spacial score (nSPS) is 25.3. The minimum atomic E-state index is -0.197. The molecule has 2 heterocycles. The Morgan fingerprint density at radius 3 is 2.28 bits per heavy atom. The number of ether oxygens (including phenoxy) is 1. The summed E-state index contributed by atoms with van der Waals surface area (Å²) < 4.78 is 4.73. The number of likely N-dealkylation sites (tertiary alicyclic amines) is 2. The van der Waals surface area contributed by atoms with Gasteiger partial charge in [-0.05, 0) is 25.2 Å². The Morgan fingerprint density at radius 2 is 1.67 bits per heavy atom. The molecule has 2 fully saturated rings. The highest BCUT2D eigenvalue weighted by molar-refractivity contribution is 5.78. The number of amides is 2. The van der Waals surface area contributed by atoms with Crippen LogP contribution in [0.15, 0.2) is 0 Å². The number of esters is 1. The van der Waals surface area contributed by atoms with Crippen molar-refractivity contribution in [1.82, 2.24) is 9.80 Å². The number of carbonyl (C=O) groups is 2. The molecule has 2 rings (SSSR count). The zero-order chi connectivity index (χ0) is 13.1. The average molecular weight is 254 g/mol. The van der Waals surface area contributed by atoms with E-state index in [4.69, 9.17) is 4.74 Å². The van der Waals surface area contributed by atoms with Gasteiger partial charge in [0.15, 0.2) is 0 Å². The van der Waals surface area contributed by atoms with Crippen molar-refractivity contribution >= 4 is 12.0 Å². The number of rotatable bonds is 1. The highest BCUT2D eigenvalue weighted by Crippen LogP contribution is 2.22. The molecule has 102 valence electrons. The van der Waals surface area contributed by atoms with Gasteiger partial charge in [0.2, 0.25) is 0 Å². The maximum atomic E-state index is 12.3. The molecule has 0 aromatic carbocycles. The lowest BCUT2D eigenvalue weighted by Crippen LogP contribution is -2.45. The first-order valence-corrected chi connectivity index (χ1v) is 6.73. The van der Waals surface area contributed by atoms with Gasteiger partial charge in [0.05, 0.1) is 13.0 Å². The first-order valence-electron chi connectivity index (χ1n) is 6.73. The van der Waals surface area contributed by atoms with Gasteiger partial charge in [0.1, 0.15) is 0 Å². The fourth-order valence-electron chi connectivity index (χ4n) is 2.69. The molecule has 0 aromatic heterocycles. The molecule has 5 nitrogen and oxygen atoms in total. The average Bonchev–Trinajstić information content (AvgIpc) is 2.87. The maximum absolute atomic E-state index is 12.3. The van der Waals surface area contributed by atoms with Gasteiger partial charge in [-0.2, -0.15) is 0 Å². The summed E-state index contributed by atoms with van der Waals surface area (Å²) in [6.45, 7) is 5.10. The van der Waals surface area contributed by atoms with Gasteiger partial charge in [-0.1, -0.05) is 6.92 Å². The van der Waals surface area contributed by atoms with Crippen LogP contribution in [-0.2, 0) is 9.53 Å². The minimum absolute atomic E-state index is 0.0910. The van der Waals surface area contributed by atoms with Gasteiger partial charge >= 0.3 is 12.0 Å². The molecule has 2 aliphatic heterocycles. The van der Waals surface area contributed by atoms with E-state index in [1.807, 2.05) is 4.90 Å². The number of hydrogen-bond acceptors (Lipinski definition) is 3. The van der Waals surface area contributed by atoms with Gasteiger partial charge in [0, 0.05) is 26.2 Å². The third-order valence-corrected chi connectivity index (χ3v) is 4.05. The van der Waals surface area contributed by atoms with Crippen molar-refractivity contribution in [1.29, 1.82) is 0 Å². The van der Waals surface area contributed by atoms with Crippen LogP contribution in [0.2, 0.25) is 0 Å². The number of carbonyl (C=O) groups excluding carboxylic acids is 2. The van der Waals surface area contributed by atoms with Crippen LogP contribution in [0.3, 0.4) is 0 Å². The third kappa shape index (κ3) is 2.76. The Balaban J connectivity index is 1.85. The fraction of sp³-hybridized carbons (Fsp3) is 0.846. The summed E-state index contributed by atoms with van der Waals surface area (Å²) in [4.78, 5) is 27.4. The van der Waals surface area contributed by atoms with Crippen LogP contribution < -0.4 is 0 Å². The van der Waals surface area contributed by atoms with Crippen LogP contribution in [-0.4, -0.2) is 55.1 Å². The summed E-state index contributed by atoms with van der Waals surface area (Å²) in [5.74, 6) is 0.385. The molecular formula is C13H22N2O3. The Labute approximate surface area is 108 Å². The maximum Gasteiger partial charge on any atom is 0.320 e. The molecule has 1 atom stereocenters. The quantitative estimate of drug-likeness (QED) is 0.663. The lowest BCUT2D eigenvalue weighted by atomic mass is 10.00. The highest BCUT2D eigenvalue weighted by atomic mass is 16.5. The van der Waals surface area contributed by atoms with E-state index >= 15 is 0 Å². The molecule has 0 radical (unpaired) electrons. The monoisotopic (exact) mass is 254 g/mol. The first-order chi connectivity index (χ1) is 8.61. The van der Waals surface area contributed by atoms with Crippen LogP contribution in [0.4, 0.5) is 4.79 Å². The molecule has 18 heavy (non-hydrogen) atoms. The molecule has 0 saturated carbocycles. The fourth-order valence-corrected chi connectivity index (χ4v) is 2.69. The van der Waals surface area contributed by atoms with Crippen LogP contribution in [0.5, 0.6) is 0 Å². The summed E-state index contributed by atoms with van der Waals surface area (Å²) in [6, 6.07) is 0.0910. The number of urea groups is 1. The van der Waals surface area contributed by atoms with Crippen molar-refractivity contribution in [2.75, 3.05) is 33.3 Å². The molecule has 0 N–H and O–H groups in total. The number of piperidine rings is 1. The second-order valence-electron chi connectivity index (χ2n) is 5.41. The Kier molecular flexibility index (Phi) is 4.09. The van der Waals surface area contributed by atoms with Gasteiger partial charge in [-0.15, -0.1) is 0 Å². The summed E-state index contributed by atoms with van der Waals surface area (Å²) in [5.41, 5.74) is 0. The second-order valence-corrected chi connectivity index (χ2v) is 5.41. The lowest BCUT2D eigenvalue weighted by molar-refractivity contribution is -0.144. The number of nitrogens with zero attached hydrogens (tertiary/aromatic N) is 2. The van der Waals surface area contributed by atoms with Gasteiger partial charge in [-0.3, -0.25) is 4.79 Å².